The van der Waals surface area contributed by atoms with Gasteiger partial charge in [-0.1, -0.05) is 24.8 Å². The van der Waals surface area contributed by atoms with Gasteiger partial charge < -0.3 is 9.47 Å². The van der Waals surface area contributed by atoms with Crippen LogP contribution in [0, 0.1) is 0 Å². The van der Waals surface area contributed by atoms with Crippen molar-refractivity contribution in [2.75, 3.05) is 6.61 Å². The number of allylic oxidation sites excluding steroid dienone is 1. The molecule has 0 aliphatic carbocycles. The van der Waals surface area contributed by atoms with E-state index >= 15 is 0 Å². The summed E-state index contributed by atoms with van der Waals surface area (Å²) in [4.78, 5) is 22.6. The van der Waals surface area contributed by atoms with Crippen LogP contribution >= 0.6 is 0 Å². The molecule has 0 saturated carbocycles. The van der Waals surface area contributed by atoms with Gasteiger partial charge in [-0.3, -0.25) is 4.79 Å². The fraction of sp³-hybridized carbons (Fsp3) is 0.231. The Labute approximate surface area is 99.8 Å². The van der Waals surface area contributed by atoms with E-state index < -0.39 is 11.9 Å². The molecule has 0 bridgehead atoms. The van der Waals surface area contributed by atoms with Crippen molar-refractivity contribution >= 4 is 11.9 Å². The Morgan fingerprint density at radius 1 is 1.24 bits per heavy atom. The Morgan fingerprint density at radius 2 is 1.88 bits per heavy atom. The van der Waals surface area contributed by atoms with Crippen LogP contribution < -0.4 is 0 Å². The molecule has 0 aromatic heterocycles. The van der Waals surface area contributed by atoms with Crippen molar-refractivity contribution in [3.63, 3.8) is 0 Å². The van der Waals surface area contributed by atoms with Crippen LogP contribution in [0.2, 0.25) is 0 Å². The first-order valence-corrected chi connectivity index (χ1v) is 5.18. The number of carbonyl (C=O) groups is 2. The molecule has 1 aromatic carbocycles. The lowest BCUT2D eigenvalue weighted by Crippen LogP contribution is -2.11. The zero-order chi connectivity index (χ0) is 12.7. The smallest absolute Gasteiger partial charge is 0.338 e. The Kier molecular flexibility index (Phi) is 4.94. The first kappa shape index (κ1) is 13.0. The molecule has 4 heteroatoms. The Bertz CT molecular complexity index is 409. The second kappa shape index (κ2) is 6.48. The molecule has 0 unspecified atom stereocenters. The molecular weight excluding hydrogens is 220 g/mol. The van der Waals surface area contributed by atoms with Crippen LogP contribution in [0.1, 0.15) is 23.7 Å². The lowest BCUT2D eigenvalue weighted by Gasteiger charge is -2.05. The average molecular weight is 234 g/mol. The lowest BCUT2D eigenvalue weighted by atomic mass is 10.2. The van der Waals surface area contributed by atoms with Gasteiger partial charge in [0.15, 0.2) is 0 Å². The van der Waals surface area contributed by atoms with E-state index in [1.165, 1.54) is 0 Å². The van der Waals surface area contributed by atoms with Gasteiger partial charge in [0.05, 0.1) is 17.7 Å². The highest BCUT2D eigenvalue weighted by Crippen LogP contribution is 2.02. The molecule has 0 aliphatic heterocycles. The minimum atomic E-state index is -0.460. The third-order valence-corrected chi connectivity index (χ3v) is 1.84. The van der Waals surface area contributed by atoms with Crippen LogP contribution in [0.25, 0.3) is 0 Å². The number of hydrogen-bond acceptors (Lipinski definition) is 4. The van der Waals surface area contributed by atoms with Crippen molar-refractivity contribution in [3.8, 4) is 0 Å². The highest BCUT2D eigenvalue weighted by atomic mass is 16.5. The molecule has 4 nitrogen and oxygen atoms in total. The summed E-state index contributed by atoms with van der Waals surface area (Å²) in [7, 11) is 0. The predicted octanol–water partition coefficient (Wildman–Crippen LogP) is 2.31. The maximum absolute atomic E-state index is 11.5. The van der Waals surface area contributed by atoms with Crippen molar-refractivity contribution < 1.29 is 19.1 Å². The molecule has 0 spiro atoms. The molecular formula is C13H14O4. The highest BCUT2D eigenvalue weighted by Gasteiger charge is 2.08. The molecule has 0 amide bonds. The maximum atomic E-state index is 11.5. The van der Waals surface area contributed by atoms with Crippen LogP contribution in [0.5, 0.6) is 0 Å². The van der Waals surface area contributed by atoms with Gasteiger partial charge in [0.1, 0.15) is 6.61 Å². The van der Waals surface area contributed by atoms with E-state index in [2.05, 4.69) is 6.58 Å². The number of hydrogen-bond donors (Lipinski definition) is 0. The number of benzene rings is 1. The zero-order valence-electron chi connectivity index (χ0n) is 9.64. The van der Waals surface area contributed by atoms with Crippen molar-refractivity contribution in [1.82, 2.24) is 0 Å². The summed E-state index contributed by atoms with van der Waals surface area (Å²) >= 11 is 0. The molecule has 17 heavy (non-hydrogen) atoms. The molecule has 1 aromatic rings. The summed E-state index contributed by atoms with van der Waals surface area (Å²) in [6.45, 7) is 5.01. The second-order valence-electron chi connectivity index (χ2n) is 3.43. The molecule has 0 radical (unpaired) electrons. The maximum Gasteiger partial charge on any atom is 0.338 e. The number of ether oxygens (including phenoxy) is 2. The van der Waals surface area contributed by atoms with E-state index in [4.69, 9.17) is 9.47 Å². The third kappa shape index (κ3) is 4.97. The minimum absolute atomic E-state index is 0.000158. The van der Waals surface area contributed by atoms with Crippen molar-refractivity contribution in [2.45, 2.75) is 13.3 Å². The number of esters is 2. The molecule has 0 fully saturated rings. The lowest BCUT2D eigenvalue weighted by molar-refractivity contribution is -0.140. The molecule has 0 N–H and O–H groups in total. The van der Waals surface area contributed by atoms with Gasteiger partial charge in [0.2, 0.25) is 0 Å². The summed E-state index contributed by atoms with van der Waals surface area (Å²) in [5, 5.41) is 0. The fourth-order valence-corrected chi connectivity index (χ4v) is 1.13. The number of rotatable bonds is 5. The van der Waals surface area contributed by atoms with Crippen molar-refractivity contribution in [1.29, 1.82) is 0 Å². The van der Waals surface area contributed by atoms with Crippen LogP contribution in [0.3, 0.4) is 0 Å². The van der Waals surface area contributed by atoms with Gasteiger partial charge in [0.25, 0.3) is 0 Å². The van der Waals surface area contributed by atoms with Crippen molar-refractivity contribution in [2.24, 2.45) is 0 Å². The predicted molar refractivity (Wildman–Crippen MR) is 62.2 cm³/mol. The second-order valence-corrected chi connectivity index (χ2v) is 3.43. The molecule has 0 heterocycles. The van der Waals surface area contributed by atoms with Gasteiger partial charge >= 0.3 is 11.9 Å². The van der Waals surface area contributed by atoms with Gasteiger partial charge in [-0.25, -0.2) is 4.79 Å². The first-order valence-electron chi connectivity index (χ1n) is 5.18. The molecule has 0 saturated heterocycles. The average Bonchev–Trinajstić information content (AvgIpc) is 2.29. The fourth-order valence-electron chi connectivity index (χ4n) is 1.13. The van der Waals surface area contributed by atoms with E-state index in [-0.39, 0.29) is 13.0 Å². The monoisotopic (exact) mass is 234 g/mol. The topological polar surface area (TPSA) is 52.6 Å². The van der Waals surface area contributed by atoms with E-state index in [0.29, 0.717) is 11.3 Å². The summed E-state index contributed by atoms with van der Waals surface area (Å²) < 4.78 is 9.62. The zero-order valence-corrected chi connectivity index (χ0v) is 9.64. The summed E-state index contributed by atoms with van der Waals surface area (Å²) in [6.07, 6.45) is 0.0193. The van der Waals surface area contributed by atoms with E-state index in [9.17, 15) is 9.59 Å². The van der Waals surface area contributed by atoms with E-state index in [1.807, 2.05) is 0 Å². The minimum Gasteiger partial charge on any atom is -0.461 e. The molecule has 0 atom stereocenters. The standard InChI is InChI=1S/C13H14O4/c1-10(2)17-12(14)8-9-16-13(15)11-6-4-3-5-7-11/h3-7H,1,8-9H2,2H3. The quantitative estimate of drug-likeness (QED) is 0.579. The van der Waals surface area contributed by atoms with Crippen LogP contribution in [-0.4, -0.2) is 18.5 Å². The molecule has 0 aliphatic rings. The normalized spacial score (nSPS) is 9.47. The highest BCUT2D eigenvalue weighted by molar-refractivity contribution is 5.89. The summed E-state index contributed by atoms with van der Waals surface area (Å²) in [6, 6.07) is 8.59. The SMILES string of the molecule is C=C(C)OC(=O)CCOC(=O)c1ccccc1. The van der Waals surface area contributed by atoms with Crippen LogP contribution in [-0.2, 0) is 14.3 Å². The Hall–Kier alpha value is -2.10. The number of carbonyl (C=O) groups excluding carboxylic acids is 2. The van der Waals surface area contributed by atoms with Crippen molar-refractivity contribution in [3.05, 3.63) is 48.2 Å². The first-order chi connectivity index (χ1) is 8.09. The molecule has 1 rings (SSSR count). The van der Waals surface area contributed by atoms with Gasteiger partial charge in [-0.05, 0) is 19.1 Å². The van der Waals surface area contributed by atoms with Crippen LogP contribution in [0.15, 0.2) is 42.7 Å². The Balaban J connectivity index is 2.30. The summed E-state index contributed by atoms with van der Waals surface area (Å²) in [5.41, 5.74) is 0.459. The van der Waals surface area contributed by atoms with Crippen LogP contribution in [0.4, 0.5) is 0 Å². The Morgan fingerprint density at radius 3 is 2.47 bits per heavy atom. The van der Waals surface area contributed by atoms with E-state index in [1.54, 1.807) is 37.3 Å². The third-order valence-electron chi connectivity index (χ3n) is 1.84. The van der Waals surface area contributed by atoms with Gasteiger partial charge in [0, 0.05) is 0 Å². The summed E-state index contributed by atoms with van der Waals surface area (Å²) in [5.74, 6) is -0.587. The van der Waals surface area contributed by atoms with Gasteiger partial charge in [-0.2, -0.15) is 0 Å². The molecule has 90 valence electrons. The van der Waals surface area contributed by atoms with E-state index in [0.717, 1.165) is 0 Å². The largest absolute Gasteiger partial charge is 0.461 e. The van der Waals surface area contributed by atoms with Gasteiger partial charge in [-0.15, -0.1) is 0 Å².